The van der Waals surface area contributed by atoms with E-state index in [-0.39, 0.29) is 29.9 Å². The lowest BCUT2D eigenvalue weighted by Gasteiger charge is -2.19. The van der Waals surface area contributed by atoms with Crippen LogP contribution in [0.2, 0.25) is 0 Å². The van der Waals surface area contributed by atoms with Crippen molar-refractivity contribution in [2.75, 3.05) is 24.6 Å². The Morgan fingerprint density at radius 2 is 1.93 bits per heavy atom. The summed E-state index contributed by atoms with van der Waals surface area (Å²) in [6, 6.07) is 3.87. The van der Waals surface area contributed by atoms with Crippen molar-refractivity contribution in [1.29, 1.82) is 0 Å². The maximum Gasteiger partial charge on any atom is 0.239 e. The molecule has 0 atom stereocenters. The first-order valence-electron chi connectivity index (χ1n) is 7.92. The number of rotatable bonds is 11. The van der Waals surface area contributed by atoms with Gasteiger partial charge in [0.25, 0.3) is 0 Å². The fourth-order valence-corrected chi connectivity index (χ4v) is 5.17. The molecule has 2 heterocycles. The van der Waals surface area contributed by atoms with Gasteiger partial charge in [-0.05, 0) is 18.4 Å². The molecule has 3 amide bonds. The van der Waals surface area contributed by atoms with Crippen LogP contribution in [-0.2, 0) is 20.9 Å². The third-order valence-electron chi connectivity index (χ3n) is 3.15. The number of nitrogens with two attached hydrogens (primary N) is 1. The Balaban J connectivity index is 1.75. The molecule has 2 aromatic rings. The molecule has 0 unspecified atom stereocenters. The van der Waals surface area contributed by atoms with E-state index in [0.29, 0.717) is 21.8 Å². The first-order valence-corrected chi connectivity index (χ1v) is 11.6. The summed E-state index contributed by atoms with van der Waals surface area (Å²) in [6.07, 6.45) is 0. The number of aromatic nitrogens is 2. The van der Waals surface area contributed by atoms with Crippen LogP contribution in [0.15, 0.2) is 26.2 Å². The highest BCUT2D eigenvalue weighted by molar-refractivity contribution is 8.03. The van der Waals surface area contributed by atoms with Crippen molar-refractivity contribution < 1.29 is 14.4 Å². The van der Waals surface area contributed by atoms with Crippen LogP contribution >= 0.6 is 46.2 Å². The van der Waals surface area contributed by atoms with Gasteiger partial charge in [0, 0.05) is 11.4 Å². The van der Waals surface area contributed by atoms with Gasteiger partial charge >= 0.3 is 0 Å². The van der Waals surface area contributed by atoms with Gasteiger partial charge in [-0.3, -0.25) is 14.4 Å². The van der Waals surface area contributed by atoms with Crippen LogP contribution in [0.3, 0.4) is 0 Å². The Labute approximate surface area is 173 Å². The van der Waals surface area contributed by atoms with Crippen LogP contribution in [0.4, 0.5) is 0 Å². The monoisotopic (exact) mass is 445 g/mol. The first-order chi connectivity index (χ1) is 13.0. The van der Waals surface area contributed by atoms with Crippen LogP contribution in [0.5, 0.6) is 0 Å². The van der Waals surface area contributed by atoms with E-state index in [1.165, 1.54) is 39.8 Å². The highest BCUT2D eigenvalue weighted by atomic mass is 32.2. The van der Waals surface area contributed by atoms with E-state index in [2.05, 4.69) is 15.5 Å². The average molecular weight is 446 g/mol. The first kappa shape index (κ1) is 21.7. The zero-order valence-electron chi connectivity index (χ0n) is 14.5. The van der Waals surface area contributed by atoms with Crippen LogP contribution in [0.25, 0.3) is 0 Å². The molecule has 0 aliphatic carbocycles. The van der Waals surface area contributed by atoms with Crippen LogP contribution < -0.4 is 11.1 Å². The number of amides is 3. The molecule has 8 nitrogen and oxygen atoms in total. The van der Waals surface area contributed by atoms with E-state index in [9.17, 15) is 14.4 Å². The van der Waals surface area contributed by atoms with Gasteiger partial charge < -0.3 is 16.0 Å². The van der Waals surface area contributed by atoms with Crippen molar-refractivity contribution in [2.45, 2.75) is 22.1 Å². The van der Waals surface area contributed by atoms with E-state index >= 15 is 0 Å². The van der Waals surface area contributed by atoms with Crippen LogP contribution in [-0.4, -0.2) is 57.4 Å². The number of likely N-dealkylation sites (N-methyl/N-ethyl adjacent to an activating group) is 1. The molecular formula is C15H19N5O3S4. The summed E-state index contributed by atoms with van der Waals surface area (Å²) in [5.74, 6) is -0.445. The molecule has 3 N–H and O–H groups in total. The number of thiophene rings is 1. The minimum Gasteiger partial charge on any atom is -0.369 e. The SMILES string of the molecule is CCN(CC(=O)NCc1cccs1)C(=O)CSc1nnc(SCC(N)=O)s1. The largest absolute Gasteiger partial charge is 0.369 e. The Bertz CT molecular complexity index is 765. The van der Waals surface area contributed by atoms with E-state index in [0.717, 1.165) is 4.88 Å². The summed E-state index contributed by atoms with van der Waals surface area (Å²) in [4.78, 5) is 37.7. The maximum absolute atomic E-state index is 12.4. The molecule has 2 rings (SSSR count). The Morgan fingerprint density at radius 3 is 2.52 bits per heavy atom. The number of carbonyl (C=O) groups excluding carboxylic acids is 3. The number of hydrogen-bond donors (Lipinski definition) is 2. The molecule has 0 aliphatic heterocycles. The van der Waals surface area contributed by atoms with Crippen molar-refractivity contribution in [3.05, 3.63) is 22.4 Å². The van der Waals surface area contributed by atoms with E-state index in [1.807, 2.05) is 24.4 Å². The van der Waals surface area contributed by atoms with Crippen molar-refractivity contribution >= 4 is 63.9 Å². The minimum absolute atomic E-state index is 0.0249. The van der Waals surface area contributed by atoms with Crippen molar-refractivity contribution in [3.63, 3.8) is 0 Å². The number of thioether (sulfide) groups is 2. The lowest BCUT2D eigenvalue weighted by Crippen LogP contribution is -2.41. The van der Waals surface area contributed by atoms with Gasteiger partial charge in [0.05, 0.1) is 24.6 Å². The molecular weight excluding hydrogens is 426 g/mol. The van der Waals surface area contributed by atoms with Gasteiger partial charge in [0.15, 0.2) is 8.68 Å². The smallest absolute Gasteiger partial charge is 0.239 e. The third-order valence-corrected chi connectivity index (χ3v) is 7.23. The number of nitrogens with zero attached hydrogens (tertiary/aromatic N) is 3. The van der Waals surface area contributed by atoms with Gasteiger partial charge in [-0.1, -0.05) is 40.9 Å². The second-order valence-electron chi connectivity index (χ2n) is 5.14. The normalized spacial score (nSPS) is 10.6. The van der Waals surface area contributed by atoms with Gasteiger partial charge in [-0.25, -0.2) is 0 Å². The predicted octanol–water partition coefficient (Wildman–Crippen LogP) is 1.43. The standard InChI is InChI=1S/C15H19N5O3S4/c1-2-20(7-12(22)17-6-10-4-3-5-24-10)13(23)9-26-15-19-18-14(27-15)25-8-11(16)21/h3-5H,2,6-9H2,1H3,(H2,16,21)(H,17,22). The molecule has 0 aromatic carbocycles. The highest BCUT2D eigenvalue weighted by Crippen LogP contribution is 2.28. The summed E-state index contributed by atoms with van der Waals surface area (Å²) in [5.41, 5.74) is 5.09. The minimum atomic E-state index is -0.421. The Hall–Kier alpha value is -1.63. The molecule has 2 aromatic heterocycles. The predicted molar refractivity (Wildman–Crippen MR) is 109 cm³/mol. The summed E-state index contributed by atoms with van der Waals surface area (Å²) in [7, 11) is 0. The van der Waals surface area contributed by atoms with E-state index < -0.39 is 5.91 Å². The molecule has 12 heteroatoms. The number of primary amides is 1. The molecule has 0 aliphatic rings. The summed E-state index contributed by atoms with van der Waals surface area (Å²) < 4.78 is 1.26. The highest BCUT2D eigenvalue weighted by Gasteiger charge is 2.17. The van der Waals surface area contributed by atoms with E-state index in [4.69, 9.17) is 5.73 Å². The lowest BCUT2D eigenvalue weighted by molar-refractivity contribution is -0.133. The summed E-state index contributed by atoms with van der Waals surface area (Å²) in [6.45, 7) is 2.77. The quantitative estimate of drug-likeness (QED) is 0.502. The molecule has 27 heavy (non-hydrogen) atoms. The number of nitrogens with one attached hydrogen (secondary N) is 1. The van der Waals surface area contributed by atoms with E-state index in [1.54, 1.807) is 11.3 Å². The molecule has 0 radical (unpaired) electrons. The van der Waals surface area contributed by atoms with Gasteiger partial charge in [-0.2, -0.15) is 0 Å². The van der Waals surface area contributed by atoms with Gasteiger partial charge in [0.1, 0.15) is 0 Å². The molecule has 0 saturated heterocycles. The van der Waals surface area contributed by atoms with Crippen molar-refractivity contribution in [2.24, 2.45) is 5.73 Å². The number of hydrogen-bond acceptors (Lipinski definition) is 9. The molecule has 0 fully saturated rings. The zero-order valence-corrected chi connectivity index (χ0v) is 17.8. The third kappa shape index (κ3) is 7.87. The molecule has 0 saturated carbocycles. The second kappa shape index (κ2) is 11.3. The molecule has 0 bridgehead atoms. The second-order valence-corrected chi connectivity index (χ2v) is 9.60. The Morgan fingerprint density at radius 1 is 1.22 bits per heavy atom. The molecule has 0 spiro atoms. The molecule has 146 valence electrons. The fraction of sp³-hybridized carbons (Fsp3) is 0.400. The van der Waals surface area contributed by atoms with Crippen LogP contribution in [0, 0.1) is 0 Å². The average Bonchev–Trinajstić information content (AvgIpc) is 3.32. The summed E-state index contributed by atoms with van der Waals surface area (Å²) >= 11 is 5.35. The van der Waals surface area contributed by atoms with Gasteiger partial charge in [-0.15, -0.1) is 21.5 Å². The van der Waals surface area contributed by atoms with Crippen molar-refractivity contribution in [3.8, 4) is 0 Å². The lowest BCUT2D eigenvalue weighted by atomic mass is 10.4. The number of carbonyl (C=O) groups is 3. The maximum atomic E-state index is 12.4. The summed E-state index contributed by atoms with van der Waals surface area (Å²) in [5, 5.41) is 12.7. The van der Waals surface area contributed by atoms with Crippen molar-refractivity contribution in [1.82, 2.24) is 20.4 Å². The zero-order chi connectivity index (χ0) is 19.6. The fourth-order valence-electron chi connectivity index (χ4n) is 1.87. The topological polar surface area (TPSA) is 118 Å². The van der Waals surface area contributed by atoms with Gasteiger partial charge in [0.2, 0.25) is 17.7 Å². The Kier molecular flexibility index (Phi) is 9.04. The van der Waals surface area contributed by atoms with Crippen LogP contribution in [0.1, 0.15) is 11.8 Å².